The van der Waals surface area contributed by atoms with E-state index in [-0.39, 0.29) is 29.8 Å². The van der Waals surface area contributed by atoms with Gasteiger partial charge >= 0.3 is 0 Å². The van der Waals surface area contributed by atoms with Crippen LogP contribution in [0.1, 0.15) is 58.5 Å². The molecule has 52 heavy (non-hydrogen) atoms. The molecule has 3 aromatic heterocycles. The Morgan fingerprint density at radius 2 is 1.48 bits per heavy atom. The molecule has 0 bridgehead atoms. The van der Waals surface area contributed by atoms with Crippen molar-refractivity contribution in [1.29, 1.82) is 0 Å². The van der Waals surface area contributed by atoms with Crippen LogP contribution in [-0.4, -0.2) is 62.0 Å². The summed E-state index contributed by atoms with van der Waals surface area (Å²) in [6.07, 6.45) is 13.2. The molecule has 3 atom stereocenters. The highest BCUT2D eigenvalue weighted by atomic mass is 16.3. The summed E-state index contributed by atoms with van der Waals surface area (Å²) in [5.74, 6) is 0.870. The SMILES string of the molecule is O=C(Nc1ccc2c(c1)C(c1ccoc1)=NC2)[C@@H]1CCc2nncn2C1.O=C(Nc1ccc2c(c1)C(c1ccoc1)=NC2)[C@H]1CCC2=NN=CC2N1. The first-order chi connectivity index (χ1) is 25.6. The normalized spacial score (nSPS) is 20.7. The Morgan fingerprint density at radius 3 is 2.13 bits per heavy atom. The Kier molecular flexibility index (Phi) is 8.20. The van der Waals surface area contributed by atoms with Crippen molar-refractivity contribution in [2.75, 3.05) is 10.6 Å². The van der Waals surface area contributed by atoms with E-state index in [4.69, 9.17) is 8.83 Å². The fourth-order valence-corrected chi connectivity index (χ4v) is 7.23. The molecule has 1 fully saturated rings. The van der Waals surface area contributed by atoms with Gasteiger partial charge < -0.3 is 24.0 Å². The van der Waals surface area contributed by atoms with Gasteiger partial charge in [0.1, 0.15) is 12.2 Å². The van der Waals surface area contributed by atoms with E-state index in [0.29, 0.717) is 19.6 Å². The molecule has 0 spiro atoms. The van der Waals surface area contributed by atoms with Crippen molar-refractivity contribution in [3.8, 4) is 0 Å². The van der Waals surface area contributed by atoms with Crippen LogP contribution in [0, 0.1) is 5.92 Å². The second-order valence-corrected chi connectivity index (χ2v) is 13.3. The molecule has 1 saturated heterocycles. The molecule has 0 saturated carbocycles. The molecule has 14 heteroatoms. The van der Waals surface area contributed by atoms with Crippen LogP contribution in [-0.2, 0) is 35.6 Å². The quantitative estimate of drug-likeness (QED) is 0.234. The molecule has 1 unspecified atom stereocenters. The smallest absolute Gasteiger partial charge is 0.241 e. The van der Waals surface area contributed by atoms with Gasteiger partial charge in [-0.2, -0.15) is 10.2 Å². The van der Waals surface area contributed by atoms with E-state index < -0.39 is 0 Å². The number of piperidine rings is 1. The standard InChI is InChI=1S/2C19H17N5O2/c25-19(13-2-4-17-23-21-11-24(17)9-13)22-15-3-1-12-8-20-18(16(12)7-15)14-5-6-26-10-14;25-19(16-4-3-15-17(23-16)9-21-24-15)22-13-2-1-11-8-20-18(14(11)7-13)12-5-6-26-10-12/h1,3,5-7,10-11,13H,2,4,8-9H2,(H,22,25);1-2,5-7,9-10,16-17,23H,3-4,8H2,(H,22,25)/t13-;16-,17?/m11/s1. The first kappa shape index (κ1) is 31.7. The zero-order chi connectivity index (χ0) is 35.0. The van der Waals surface area contributed by atoms with Crippen molar-refractivity contribution in [1.82, 2.24) is 20.1 Å². The Hall–Kier alpha value is -6.28. The van der Waals surface area contributed by atoms with Crippen LogP contribution in [0.4, 0.5) is 11.4 Å². The summed E-state index contributed by atoms with van der Waals surface area (Å²) in [6, 6.07) is 15.4. The van der Waals surface area contributed by atoms with Crippen LogP contribution >= 0.6 is 0 Å². The Labute approximate surface area is 297 Å². The summed E-state index contributed by atoms with van der Waals surface area (Å²) >= 11 is 0. The molecule has 2 aromatic carbocycles. The van der Waals surface area contributed by atoms with Crippen LogP contribution in [0.15, 0.2) is 109 Å². The number of nitrogens with one attached hydrogen (secondary N) is 3. The average molecular weight is 695 g/mol. The van der Waals surface area contributed by atoms with E-state index in [9.17, 15) is 9.59 Å². The first-order valence-corrected chi connectivity index (χ1v) is 17.3. The van der Waals surface area contributed by atoms with Crippen LogP contribution in [0.2, 0.25) is 0 Å². The number of aromatic nitrogens is 3. The number of carbonyl (C=O) groups is 2. The molecule has 5 aliphatic heterocycles. The summed E-state index contributed by atoms with van der Waals surface area (Å²) in [6.45, 7) is 1.93. The van der Waals surface area contributed by atoms with E-state index in [0.717, 1.165) is 93.4 Å². The van der Waals surface area contributed by atoms with Gasteiger partial charge in [0.25, 0.3) is 0 Å². The lowest BCUT2D eigenvalue weighted by atomic mass is 9.96. The average Bonchev–Trinajstić information content (AvgIpc) is 4.02. The summed E-state index contributed by atoms with van der Waals surface area (Å²) < 4.78 is 12.3. The number of aliphatic imine (C=N–C) groups is 2. The second kappa shape index (κ2) is 13.5. The molecule has 8 heterocycles. The minimum Gasteiger partial charge on any atom is -0.472 e. The van der Waals surface area contributed by atoms with Gasteiger partial charge in [-0.1, -0.05) is 12.1 Å². The minimum absolute atomic E-state index is 0.0145. The highest BCUT2D eigenvalue weighted by molar-refractivity contribution is 6.16. The number of benzene rings is 2. The maximum atomic E-state index is 12.7. The van der Waals surface area contributed by atoms with E-state index >= 15 is 0 Å². The molecule has 3 N–H and O–H groups in total. The van der Waals surface area contributed by atoms with Crippen molar-refractivity contribution in [3.63, 3.8) is 0 Å². The summed E-state index contributed by atoms with van der Waals surface area (Å²) in [4.78, 5) is 34.6. The van der Waals surface area contributed by atoms with E-state index in [2.05, 4.69) is 46.3 Å². The molecule has 14 nitrogen and oxygen atoms in total. The van der Waals surface area contributed by atoms with Gasteiger partial charge in [0.2, 0.25) is 11.8 Å². The number of fused-ring (bicyclic) bond motifs is 4. The van der Waals surface area contributed by atoms with Crippen molar-refractivity contribution in [3.05, 3.63) is 119 Å². The monoisotopic (exact) mass is 694 g/mol. The number of hydrogen-bond acceptors (Lipinski definition) is 11. The number of anilines is 2. The van der Waals surface area contributed by atoms with Gasteiger partial charge in [0, 0.05) is 52.8 Å². The Morgan fingerprint density at radius 1 is 0.808 bits per heavy atom. The summed E-state index contributed by atoms with van der Waals surface area (Å²) in [5, 5.41) is 25.4. The summed E-state index contributed by atoms with van der Waals surface area (Å²) in [5.41, 5.74) is 10.7. The number of nitrogens with zero attached hydrogens (tertiary/aromatic N) is 7. The summed E-state index contributed by atoms with van der Waals surface area (Å²) in [7, 11) is 0. The fraction of sp³-hybridized carbons (Fsp3) is 0.263. The van der Waals surface area contributed by atoms with E-state index in [1.54, 1.807) is 37.6 Å². The van der Waals surface area contributed by atoms with Crippen molar-refractivity contribution in [2.45, 2.75) is 57.4 Å². The lowest BCUT2D eigenvalue weighted by molar-refractivity contribution is -0.121. The van der Waals surface area contributed by atoms with Crippen LogP contribution in [0.3, 0.4) is 0 Å². The van der Waals surface area contributed by atoms with Crippen molar-refractivity contribution < 1.29 is 18.4 Å². The van der Waals surface area contributed by atoms with Gasteiger partial charge in [-0.15, -0.1) is 10.2 Å². The zero-order valence-corrected chi connectivity index (χ0v) is 28.0. The van der Waals surface area contributed by atoms with Crippen LogP contribution < -0.4 is 16.0 Å². The van der Waals surface area contributed by atoms with Crippen LogP contribution in [0.25, 0.3) is 0 Å². The van der Waals surface area contributed by atoms with Crippen molar-refractivity contribution >= 4 is 46.5 Å². The third-order valence-electron chi connectivity index (χ3n) is 10.0. The number of amides is 2. The third-order valence-corrected chi connectivity index (χ3v) is 10.0. The van der Waals surface area contributed by atoms with Crippen LogP contribution in [0.5, 0.6) is 0 Å². The Balaban J connectivity index is 0.000000138. The minimum atomic E-state index is -0.251. The second-order valence-electron chi connectivity index (χ2n) is 13.3. The zero-order valence-electron chi connectivity index (χ0n) is 28.0. The fourth-order valence-electron chi connectivity index (χ4n) is 7.23. The highest BCUT2D eigenvalue weighted by Gasteiger charge is 2.32. The molecule has 0 radical (unpaired) electrons. The molecule has 260 valence electrons. The van der Waals surface area contributed by atoms with Crippen molar-refractivity contribution in [2.24, 2.45) is 26.1 Å². The topological polar surface area (TPSA) is 177 Å². The number of furan rings is 2. The van der Waals surface area contributed by atoms with E-state index in [1.807, 2.05) is 53.1 Å². The molecular weight excluding hydrogens is 660 g/mol. The van der Waals surface area contributed by atoms with E-state index in [1.165, 1.54) is 0 Å². The lowest BCUT2D eigenvalue weighted by Gasteiger charge is -2.27. The Bertz CT molecular complexity index is 2280. The van der Waals surface area contributed by atoms with Gasteiger partial charge in [-0.25, -0.2) is 0 Å². The lowest BCUT2D eigenvalue weighted by Crippen LogP contribution is -2.52. The predicted octanol–water partition coefficient (Wildman–Crippen LogP) is 4.55. The molecular formula is C38H34N10O4. The predicted molar refractivity (Wildman–Crippen MR) is 194 cm³/mol. The highest BCUT2D eigenvalue weighted by Crippen LogP contribution is 2.29. The van der Waals surface area contributed by atoms with Gasteiger partial charge in [-0.3, -0.25) is 24.9 Å². The van der Waals surface area contributed by atoms with Gasteiger partial charge in [-0.05, 0) is 66.8 Å². The number of rotatable bonds is 6. The first-order valence-electron chi connectivity index (χ1n) is 17.3. The molecule has 5 aromatic rings. The number of carbonyl (C=O) groups excluding carboxylic acids is 2. The number of hydrogen-bond donors (Lipinski definition) is 3. The molecule has 10 rings (SSSR count). The number of aryl methyl sites for hydroxylation is 1. The third kappa shape index (κ3) is 6.17. The molecule has 2 amide bonds. The van der Waals surface area contributed by atoms with Gasteiger partial charge in [0.05, 0.1) is 73.3 Å². The van der Waals surface area contributed by atoms with Gasteiger partial charge in [0.15, 0.2) is 0 Å². The molecule has 5 aliphatic rings. The maximum absolute atomic E-state index is 12.7. The maximum Gasteiger partial charge on any atom is 0.241 e. The largest absolute Gasteiger partial charge is 0.472 e. The molecule has 0 aliphatic carbocycles.